The van der Waals surface area contributed by atoms with Gasteiger partial charge in [-0.2, -0.15) is 0 Å². The molecule has 1 nitrogen and oxygen atoms in total. The molecular formula is C9H21ClOSi. The Morgan fingerprint density at radius 2 is 1.83 bits per heavy atom. The van der Waals surface area contributed by atoms with E-state index in [0.717, 1.165) is 23.3 Å². The molecule has 0 aromatic heterocycles. The number of hydrogen-bond acceptors (Lipinski definition) is 1. The van der Waals surface area contributed by atoms with Crippen LogP contribution in [-0.2, 0) is 4.43 Å². The standard InChI is InChI=1S/C9H21ClOSi/c1-5-7(8(10)6-2)9(3,4)11-12/h7-8H,5-6H2,1-4,12H3. The monoisotopic (exact) mass is 208 g/mol. The van der Waals surface area contributed by atoms with Crippen molar-refractivity contribution in [2.45, 2.75) is 51.5 Å². The van der Waals surface area contributed by atoms with Crippen molar-refractivity contribution in [3.63, 3.8) is 0 Å². The van der Waals surface area contributed by atoms with Gasteiger partial charge in [0.1, 0.15) is 10.5 Å². The zero-order chi connectivity index (χ0) is 9.78. The Balaban J connectivity index is 4.32. The van der Waals surface area contributed by atoms with Gasteiger partial charge in [0.25, 0.3) is 0 Å². The van der Waals surface area contributed by atoms with Crippen LogP contribution in [0.25, 0.3) is 0 Å². The third-order valence-electron chi connectivity index (χ3n) is 2.69. The molecule has 0 aliphatic carbocycles. The van der Waals surface area contributed by atoms with Crippen LogP contribution in [0.3, 0.4) is 0 Å². The highest BCUT2D eigenvalue weighted by Gasteiger charge is 2.31. The van der Waals surface area contributed by atoms with Gasteiger partial charge in [-0.25, -0.2) is 0 Å². The molecule has 0 spiro atoms. The summed E-state index contributed by atoms with van der Waals surface area (Å²) in [4.78, 5) is 0. The van der Waals surface area contributed by atoms with Gasteiger partial charge in [-0.05, 0) is 26.7 Å². The zero-order valence-electron chi connectivity index (χ0n) is 8.86. The Morgan fingerprint density at radius 3 is 2.08 bits per heavy atom. The maximum Gasteiger partial charge on any atom is 0.146 e. The van der Waals surface area contributed by atoms with Crippen molar-refractivity contribution in [3.8, 4) is 0 Å². The maximum absolute atomic E-state index is 6.23. The first-order chi connectivity index (χ1) is 5.49. The van der Waals surface area contributed by atoms with Crippen LogP contribution in [0.2, 0.25) is 0 Å². The molecule has 74 valence electrons. The van der Waals surface area contributed by atoms with E-state index in [1.807, 2.05) is 0 Å². The van der Waals surface area contributed by atoms with E-state index in [2.05, 4.69) is 27.7 Å². The summed E-state index contributed by atoms with van der Waals surface area (Å²) in [6.45, 7) is 8.58. The second-order valence-corrected chi connectivity index (χ2v) is 4.72. The lowest BCUT2D eigenvalue weighted by atomic mass is 9.85. The van der Waals surface area contributed by atoms with Crippen LogP contribution in [0.4, 0.5) is 0 Å². The molecule has 12 heavy (non-hydrogen) atoms. The van der Waals surface area contributed by atoms with Gasteiger partial charge in [0.2, 0.25) is 0 Å². The molecule has 0 saturated heterocycles. The van der Waals surface area contributed by atoms with Crippen LogP contribution in [0.5, 0.6) is 0 Å². The van der Waals surface area contributed by atoms with E-state index in [1.165, 1.54) is 0 Å². The number of alkyl halides is 1. The predicted octanol–water partition coefficient (Wildman–Crippen LogP) is 2.11. The highest BCUT2D eigenvalue weighted by Crippen LogP contribution is 2.30. The Hall–Kier alpha value is 0.467. The van der Waals surface area contributed by atoms with Gasteiger partial charge in [0.05, 0.1) is 5.60 Å². The van der Waals surface area contributed by atoms with Crippen LogP contribution in [0, 0.1) is 5.92 Å². The summed E-state index contributed by atoms with van der Waals surface area (Å²) in [5.41, 5.74) is -0.0383. The minimum atomic E-state index is -0.0383. The maximum atomic E-state index is 6.23. The molecule has 0 aromatic carbocycles. The van der Waals surface area contributed by atoms with Crippen LogP contribution in [-0.4, -0.2) is 21.5 Å². The molecule has 0 aliphatic rings. The molecule has 0 radical (unpaired) electrons. The van der Waals surface area contributed by atoms with Gasteiger partial charge in [-0.15, -0.1) is 11.6 Å². The van der Waals surface area contributed by atoms with E-state index >= 15 is 0 Å². The molecule has 0 bridgehead atoms. The quantitative estimate of drug-likeness (QED) is 0.497. The van der Waals surface area contributed by atoms with Gasteiger partial charge in [0, 0.05) is 11.3 Å². The number of rotatable bonds is 5. The van der Waals surface area contributed by atoms with Crippen molar-refractivity contribution >= 4 is 22.1 Å². The van der Waals surface area contributed by atoms with E-state index < -0.39 is 0 Å². The summed E-state index contributed by atoms with van der Waals surface area (Å²) < 4.78 is 5.57. The molecule has 0 fully saturated rings. The summed E-state index contributed by atoms with van der Waals surface area (Å²) in [5.74, 6) is 0.474. The van der Waals surface area contributed by atoms with Gasteiger partial charge in [-0.1, -0.05) is 13.8 Å². The molecule has 2 unspecified atom stereocenters. The minimum absolute atomic E-state index is 0.0383. The fraction of sp³-hybridized carbons (Fsp3) is 1.00. The summed E-state index contributed by atoms with van der Waals surface area (Å²) in [5, 5.41) is 0.249. The molecule has 0 rings (SSSR count). The smallest absolute Gasteiger partial charge is 0.146 e. The highest BCUT2D eigenvalue weighted by molar-refractivity contribution is 6.20. The van der Waals surface area contributed by atoms with Gasteiger partial charge in [0.15, 0.2) is 0 Å². The van der Waals surface area contributed by atoms with E-state index in [4.69, 9.17) is 16.0 Å². The molecule has 0 saturated carbocycles. The lowest BCUT2D eigenvalue weighted by Gasteiger charge is -2.35. The van der Waals surface area contributed by atoms with Crippen LogP contribution in [0.15, 0.2) is 0 Å². The lowest BCUT2D eigenvalue weighted by molar-refractivity contribution is 0.0479. The largest absolute Gasteiger partial charge is 0.423 e. The molecule has 0 aliphatic heterocycles. The van der Waals surface area contributed by atoms with Crippen molar-refractivity contribution in [3.05, 3.63) is 0 Å². The lowest BCUT2D eigenvalue weighted by Crippen LogP contribution is -2.38. The molecule has 0 heterocycles. The van der Waals surface area contributed by atoms with Crippen molar-refractivity contribution < 1.29 is 4.43 Å². The Morgan fingerprint density at radius 1 is 1.33 bits per heavy atom. The van der Waals surface area contributed by atoms with Crippen molar-refractivity contribution in [1.29, 1.82) is 0 Å². The van der Waals surface area contributed by atoms with E-state index in [-0.39, 0.29) is 11.0 Å². The average molecular weight is 209 g/mol. The number of hydrogen-bond donors (Lipinski definition) is 0. The van der Waals surface area contributed by atoms with E-state index in [1.54, 1.807) is 0 Å². The van der Waals surface area contributed by atoms with E-state index in [0.29, 0.717) is 5.92 Å². The average Bonchev–Trinajstić information content (AvgIpc) is 2.05. The van der Waals surface area contributed by atoms with Crippen LogP contribution in [0.1, 0.15) is 40.5 Å². The molecule has 0 N–H and O–H groups in total. The SMILES string of the molecule is CCC(Cl)C(CC)C(C)(C)O[SiH3]. The predicted molar refractivity (Wildman–Crippen MR) is 58.8 cm³/mol. The van der Waals surface area contributed by atoms with Gasteiger partial charge < -0.3 is 4.43 Å². The first-order valence-electron chi connectivity index (χ1n) is 4.68. The van der Waals surface area contributed by atoms with E-state index in [9.17, 15) is 0 Å². The summed E-state index contributed by atoms with van der Waals surface area (Å²) >= 11 is 6.23. The van der Waals surface area contributed by atoms with Gasteiger partial charge in [-0.3, -0.25) is 0 Å². The second kappa shape index (κ2) is 5.25. The molecule has 3 heteroatoms. The van der Waals surface area contributed by atoms with Crippen molar-refractivity contribution in [2.75, 3.05) is 0 Å². The second-order valence-electron chi connectivity index (χ2n) is 3.75. The third kappa shape index (κ3) is 3.07. The summed E-state index contributed by atoms with van der Waals surface area (Å²) in [6.07, 6.45) is 2.12. The first-order valence-corrected chi connectivity index (χ1v) is 5.94. The van der Waals surface area contributed by atoms with Crippen LogP contribution >= 0.6 is 11.6 Å². The molecule has 2 atom stereocenters. The summed E-state index contributed by atoms with van der Waals surface area (Å²) in [7, 11) is 0.789. The summed E-state index contributed by atoms with van der Waals surface area (Å²) in [6, 6.07) is 0. The van der Waals surface area contributed by atoms with Crippen molar-refractivity contribution in [2.24, 2.45) is 5.92 Å². The third-order valence-corrected chi connectivity index (χ3v) is 4.35. The highest BCUT2D eigenvalue weighted by atomic mass is 35.5. The molecule has 0 aromatic rings. The van der Waals surface area contributed by atoms with Gasteiger partial charge >= 0.3 is 0 Å². The van der Waals surface area contributed by atoms with Crippen molar-refractivity contribution in [1.82, 2.24) is 0 Å². The fourth-order valence-electron chi connectivity index (χ4n) is 1.62. The normalized spacial score (nSPS) is 17.8. The van der Waals surface area contributed by atoms with Crippen LogP contribution < -0.4 is 0 Å². The Kier molecular flexibility index (Phi) is 5.46. The Bertz CT molecular complexity index is 128. The molecule has 0 amide bonds. The minimum Gasteiger partial charge on any atom is -0.423 e. The first kappa shape index (κ1) is 12.5. The molecular weight excluding hydrogens is 188 g/mol. The topological polar surface area (TPSA) is 9.23 Å². The fourth-order valence-corrected chi connectivity index (χ4v) is 2.40. The zero-order valence-corrected chi connectivity index (χ0v) is 11.6. The Labute approximate surface area is 84.4 Å². The number of halogens is 1.